The van der Waals surface area contributed by atoms with Gasteiger partial charge in [0, 0.05) is 23.9 Å². The first-order valence-electron chi connectivity index (χ1n) is 15.4. The van der Waals surface area contributed by atoms with Gasteiger partial charge in [-0.3, -0.25) is 19.3 Å². The Hall–Kier alpha value is -1.63. The SMILES string of the molecule is CCC1(OC(=O)C2C3CC4C(OC(=O)C42)C3OC(=O)CN(C2CCCCC2)C2CCCCC2)CCCC1. The van der Waals surface area contributed by atoms with E-state index in [-0.39, 0.29) is 29.7 Å². The van der Waals surface area contributed by atoms with Crippen molar-refractivity contribution in [2.75, 3.05) is 6.54 Å². The van der Waals surface area contributed by atoms with Crippen LogP contribution in [0.5, 0.6) is 0 Å². The fourth-order valence-electron chi connectivity index (χ4n) is 9.02. The molecule has 0 radical (unpaired) electrons. The van der Waals surface area contributed by atoms with Crippen LogP contribution in [0.2, 0.25) is 0 Å². The van der Waals surface area contributed by atoms with Crippen LogP contribution in [0.15, 0.2) is 0 Å². The number of nitrogens with zero attached hydrogens (tertiary/aromatic N) is 1. The summed E-state index contributed by atoms with van der Waals surface area (Å²) in [5.74, 6) is -2.01. The summed E-state index contributed by atoms with van der Waals surface area (Å²) in [5.41, 5.74) is -0.395. The zero-order chi connectivity index (χ0) is 25.6. The molecule has 1 saturated heterocycles. The molecule has 0 N–H and O–H groups in total. The van der Waals surface area contributed by atoms with E-state index in [0.29, 0.717) is 25.0 Å². The van der Waals surface area contributed by atoms with Gasteiger partial charge < -0.3 is 14.2 Å². The maximum atomic E-state index is 13.5. The fourth-order valence-corrected chi connectivity index (χ4v) is 9.02. The second-order valence-corrected chi connectivity index (χ2v) is 12.9. The number of hydrogen-bond acceptors (Lipinski definition) is 7. The highest BCUT2D eigenvalue weighted by Gasteiger charge is 2.70. The molecule has 6 aliphatic rings. The van der Waals surface area contributed by atoms with Gasteiger partial charge in [-0.15, -0.1) is 0 Å². The summed E-state index contributed by atoms with van der Waals surface area (Å²) in [6.45, 7) is 2.38. The Morgan fingerprint density at radius 3 is 2.14 bits per heavy atom. The van der Waals surface area contributed by atoms with Crippen molar-refractivity contribution in [2.24, 2.45) is 23.7 Å². The van der Waals surface area contributed by atoms with Gasteiger partial charge in [0.1, 0.15) is 17.8 Å². The molecule has 6 unspecified atom stereocenters. The molecule has 5 saturated carbocycles. The van der Waals surface area contributed by atoms with Crippen LogP contribution in [0.25, 0.3) is 0 Å². The van der Waals surface area contributed by atoms with E-state index < -0.39 is 29.6 Å². The quantitative estimate of drug-likeness (QED) is 0.335. The molecule has 0 aromatic rings. The first kappa shape index (κ1) is 25.6. The first-order valence-corrected chi connectivity index (χ1v) is 15.4. The van der Waals surface area contributed by atoms with E-state index in [1.807, 2.05) is 0 Å². The minimum Gasteiger partial charge on any atom is -0.459 e. The van der Waals surface area contributed by atoms with Crippen molar-refractivity contribution in [3.8, 4) is 0 Å². The molecular weight excluding hydrogens is 470 g/mol. The Morgan fingerprint density at radius 1 is 0.919 bits per heavy atom. The summed E-state index contributed by atoms with van der Waals surface area (Å²) in [7, 11) is 0. The summed E-state index contributed by atoms with van der Waals surface area (Å²) in [4.78, 5) is 42.3. The number of rotatable bonds is 8. The standard InChI is InChI=1S/C30H45NO6/c1-2-30(15-9-10-16-30)37-29(34)25-22-17-21-24(25)28(33)36-27(21)26(22)35-23(32)18-31(19-11-5-3-6-12-19)20-13-7-4-8-14-20/h19-22,24-27H,2-18H2,1H3. The zero-order valence-electron chi connectivity index (χ0n) is 22.5. The van der Waals surface area contributed by atoms with Crippen LogP contribution in [0, 0.1) is 23.7 Å². The molecule has 7 heteroatoms. The van der Waals surface area contributed by atoms with E-state index in [1.165, 1.54) is 38.5 Å². The van der Waals surface area contributed by atoms with Gasteiger partial charge in [-0.2, -0.15) is 0 Å². The van der Waals surface area contributed by atoms with Gasteiger partial charge in [-0.25, -0.2) is 0 Å². The maximum Gasteiger partial charge on any atom is 0.320 e. The van der Waals surface area contributed by atoms with Gasteiger partial charge in [0.2, 0.25) is 0 Å². The van der Waals surface area contributed by atoms with Gasteiger partial charge in [0.25, 0.3) is 0 Å². The lowest BCUT2D eigenvalue weighted by molar-refractivity contribution is -0.175. The smallest absolute Gasteiger partial charge is 0.320 e. The summed E-state index contributed by atoms with van der Waals surface area (Å²) in [6, 6.07) is 0.912. The summed E-state index contributed by atoms with van der Waals surface area (Å²) in [5, 5.41) is 0. The minimum atomic E-state index is -0.550. The zero-order valence-corrected chi connectivity index (χ0v) is 22.5. The topological polar surface area (TPSA) is 82.1 Å². The van der Waals surface area contributed by atoms with Gasteiger partial charge in [0.05, 0.1) is 18.4 Å². The minimum absolute atomic E-state index is 0.0400. The Labute approximate surface area is 221 Å². The van der Waals surface area contributed by atoms with E-state index in [9.17, 15) is 14.4 Å². The van der Waals surface area contributed by atoms with Gasteiger partial charge in [-0.05, 0) is 64.2 Å². The second-order valence-electron chi connectivity index (χ2n) is 12.9. The average Bonchev–Trinajstić information content (AvgIpc) is 3.67. The van der Waals surface area contributed by atoms with Crippen molar-refractivity contribution in [1.82, 2.24) is 4.90 Å². The third-order valence-corrected chi connectivity index (χ3v) is 11.0. The lowest BCUT2D eigenvalue weighted by Crippen LogP contribution is -2.50. The summed E-state index contributed by atoms with van der Waals surface area (Å²) < 4.78 is 18.1. The Bertz CT molecular complexity index is 853. The van der Waals surface area contributed by atoms with Crippen molar-refractivity contribution in [3.63, 3.8) is 0 Å². The van der Waals surface area contributed by atoms with Gasteiger partial charge in [-0.1, -0.05) is 45.4 Å². The molecule has 1 aliphatic heterocycles. The van der Waals surface area contributed by atoms with Crippen LogP contribution < -0.4 is 0 Å². The van der Waals surface area contributed by atoms with Crippen LogP contribution in [-0.4, -0.2) is 59.2 Å². The molecule has 37 heavy (non-hydrogen) atoms. The third kappa shape index (κ3) is 4.72. The Kier molecular flexibility index (Phi) is 7.28. The fraction of sp³-hybridized carbons (Fsp3) is 0.900. The predicted molar refractivity (Wildman–Crippen MR) is 136 cm³/mol. The van der Waals surface area contributed by atoms with Crippen LogP contribution in [0.1, 0.15) is 110 Å². The second kappa shape index (κ2) is 10.5. The number of carbonyl (C=O) groups is 3. The van der Waals surface area contributed by atoms with Crippen LogP contribution in [0.4, 0.5) is 0 Å². The van der Waals surface area contributed by atoms with Crippen molar-refractivity contribution in [2.45, 2.75) is 140 Å². The first-order chi connectivity index (χ1) is 18.0. The summed E-state index contributed by atoms with van der Waals surface area (Å²) >= 11 is 0. The molecular formula is C30H45NO6. The molecule has 0 aromatic heterocycles. The highest BCUT2D eigenvalue weighted by Crippen LogP contribution is 2.59. The van der Waals surface area contributed by atoms with E-state index in [2.05, 4.69) is 11.8 Å². The summed E-state index contributed by atoms with van der Waals surface area (Å²) in [6.07, 6.45) is 16.7. The molecule has 7 nitrogen and oxygen atoms in total. The maximum absolute atomic E-state index is 13.5. The molecule has 0 aromatic carbocycles. The molecule has 5 aliphatic carbocycles. The van der Waals surface area contributed by atoms with Crippen LogP contribution in [-0.2, 0) is 28.6 Å². The van der Waals surface area contributed by atoms with E-state index >= 15 is 0 Å². The van der Waals surface area contributed by atoms with Crippen LogP contribution >= 0.6 is 0 Å². The molecule has 6 atom stereocenters. The Balaban J connectivity index is 1.15. The van der Waals surface area contributed by atoms with Gasteiger partial charge in [0.15, 0.2) is 0 Å². The highest BCUT2D eigenvalue weighted by atomic mass is 16.6. The monoisotopic (exact) mass is 515 g/mol. The lowest BCUT2D eigenvalue weighted by Gasteiger charge is -2.41. The largest absolute Gasteiger partial charge is 0.459 e. The molecule has 1 heterocycles. The predicted octanol–water partition coefficient (Wildman–Crippen LogP) is 4.94. The van der Waals surface area contributed by atoms with Crippen LogP contribution in [0.3, 0.4) is 0 Å². The number of fused-ring (bicyclic) bond motifs is 1. The third-order valence-electron chi connectivity index (χ3n) is 11.0. The molecule has 0 spiro atoms. The number of esters is 3. The number of ether oxygens (including phenoxy) is 3. The van der Waals surface area contributed by atoms with Gasteiger partial charge >= 0.3 is 17.9 Å². The van der Waals surface area contributed by atoms with Crippen molar-refractivity contribution in [1.29, 1.82) is 0 Å². The molecule has 6 fully saturated rings. The lowest BCUT2D eigenvalue weighted by atomic mass is 9.78. The van der Waals surface area contributed by atoms with Crippen molar-refractivity contribution < 1.29 is 28.6 Å². The molecule has 0 amide bonds. The van der Waals surface area contributed by atoms with Crippen molar-refractivity contribution >= 4 is 17.9 Å². The number of carbonyl (C=O) groups excluding carboxylic acids is 3. The molecule has 6 rings (SSSR count). The average molecular weight is 516 g/mol. The Morgan fingerprint density at radius 2 is 1.54 bits per heavy atom. The number of hydrogen-bond donors (Lipinski definition) is 0. The molecule has 2 bridgehead atoms. The normalized spacial score (nSPS) is 37.2. The highest BCUT2D eigenvalue weighted by molar-refractivity contribution is 5.86. The van der Waals surface area contributed by atoms with E-state index in [4.69, 9.17) is 14.2 Å². The molecule has 206 valence electrons. The van der Waals surface area contributed by atoms with E-state index in [0.717, 1.165) is 57.8 Å². The van der Waals surface area contributed by atoms with E-state index in [1.54, 1.807) is 0 Å². The van der Waals surface area contributed by atoms with Crippen molar-refractivity contribution in [3.05, 3.63) is 0 Å².